The third-order valence-electron chi connectivity index (χ3n) is 3.42. The maximum Gasteiger partial charge on any atom is 0.416 e. The first kappa shape index (κ1) is 20.0. The van der Waals surface area contributed by atoms with Gasteiger partial charge in [-0.05, 0) is 37.3 Å². The normalized spacial score (nSPS) is 12.0. The van der Waals surface area contributed by atoms with Crippen molar-refractivity contribution in [1.29, 1.82) is 0 Å². The molecule has 2 heterocycles. The number of aromatic nitrogens is 4. The molecule has 0 radical (unpaired) electrons. The molecule has 1 N–H and O–H groups in total. The summed E-state index contributed by atoms with van der Waals surface area (Å²) in [6.07, 6.45) is -3.14. The molecule has 0 amide bonds. The molecular weight excluding hydrogens is 419 g/mol. The van der Waals surface area contributed by atoms with Crippen molar-refractivity contribution in [3.63, 3.8) is 0 Å². The highest BCUT2D eigenvalue weighted by Gasteiger charge is 2.32. The van der Waals surface area contributed by atoms with Crippen LogP contribution in [0.25, 0.3) is 11.5 Å². The molecule has 0 spiro atoms. The minimum absolute atomic E-state index is 0.129. The molecule has 0 aliphatic rings. The summed E-state index contributed by atoms with van der Waals surface area (Å²) in [5.74, 6) is 0.0281. The monoisotopic (exact) mass is 429 g/mol. The Labute approximate surface area is 162 Å². The Morgan fingerprint density at radius 3 is 2.43 bits per heavy atom. The second-order valence-corrected chi connectivity index (χ2v) is 7.55. The number of anilines is 1. The molecule has 3 rings (SSSR count). The molecule has 28 heavy (non-hydrogen) atoms. The summed E-state index contributed by atoms with van der Waals surface area (Å²) in [6, 6.07) is 6.94. The van der Waals surface area contributed by atoms with Crippen molar-refractivity contribution >= 4 is 27.6 Å². The lowest BCUT2D eigenvalue weighted by Crippen LogP contribution is -2.17. The molecule has 2 aromatic heterocycles. The lowest BCUT2D eigenvalue weighted by molar-refractivity contribution is -0.137. The zero-order valence-corrected chi connectivity index (χ0v) is 15.6. The van der Waals surface area contributed by atoms with Gasteiger partial charge in [0.25, 0.3) is 10.0 Å². The van der Waals surface area contributed by atoms with Gasteiger partial charge < -0.3 is 0 Å². The van der Waals surface area contributed by atoms with Gasteiger partial charge in [-0.15, -0.1) is 0 Å². The number of nitrogens with zero attached hydrogens (tertiary/aromatic N) is 4. The van der Waals surface area contributed by atoms with Crippen molar-refractivity contribution in [2.75, 3.05) is 4.72 Å². The summed E-state index contributed by atoms with van der Waals surface area (Å²) in [5, 5.41) is -0.585. The zero-order valence-electron chi connectivity index (χ0n) is 14.1. The topological polar surface area (TPSA) is 97.7 Å². The van der Waals surface area contributed by atoms with E-state index in [0.717, 1.165) is 6.07 Å². The summed E-state index contributed by atoms with van der Waals surface area (Å²) in [7, 11) is -4.34. The van der Waals surface area contributed by atoms with Crippen LogP contribution in [-0.4, -0.2) is 28.4 Å². The van der Waals surface area contributed by atoms with E-state index in [2.05, 4.69) is 24.7 Å². The molecule has 0 aliphatic carbocycles. The molecule has 0 atom stereocenters. The van der Waals surface area contributed by atoms with Crippen molar-refractivity contribution in [1.82, 2.24) is 19.9 Å². The number of hydrogen-bond donors (Lipinski definition) is 1. The number of sulfonamides is 1. The predicted molar refractivity (Wildman–Crippen MR) is 95.1 cm³/mol. The van der Waals surface area contributed by atoms with E-state index in [4.69, 9.17) is 11.6 Å². The van der Waals surface area contributed by atoms with Gasteiger partial charge in [-0.1, -0.05) is 17.7 Å². The van der Waals surface area contributed by atoms with E-state index in [0.29, 0.717) is 17.8 Å². The summed E-state index contributed by atoms with van der Waals surface area (Å²) in [4.78, 5) is 15.5. The zero-order chi connectivity index (χ0) is 20.5. The van der Waals surface area contributed by atoms with Gasteiger partial charge in [0, 0.05) is 6.20 Å². The van der Waals surface area contributed by atoms with Gasteiger partial charge in [-0.25, -0.2) is 18.1 Å². The van der Waals surface area contributed by atoms with Gasteiger partial charge in [0.15, 0.2) is 5.82 Å². The molecule has 12 heteroatoms. The van der Waals surface area contributed by atoms with Gasteiger partial charge in [-0.2, -0.15) is 23.1 Å². The highest BCUT2D eigenvalue weighted by atomic mass is 35.5. The number of benzene rings is 1. The summed E-state index contributed by atoms with van der Waals surface area (Å²) >= 11 is 5.76. The molecule has 1 aromatic carbocycles. The first-order chi connectivity index (χ1) is 13.1. The van der Waals surface area contributed by atoms with E-state index < -0.39 is 31.7 Å². The van der Waals surface area contributed by atoms with Crippen LogP contribution in [0, 0.1) is 6.92 Å². The second-order valence-electron chi connectivity index (χ2n) is 5.49. The van der Waals surface area contributed by atoms with Crippen molar-refractivity contribution in [3.8, 4) is 11.5 Å². The number of alkyl halides is 3. The molecule has 0 aliphatic heterocycles. The summed E-state index contributed by atoms with van der Waals surface area (Å²) in [6.45, 7) is 1.52. The highest BCUT2D eigenvalue weighted by molar-refractivity contribution is 7.92. The summed E-state index contributed by atoms with van der Waals surface area (Å²) in [5.41, 5.74) is -0.675. The maximum atomic E-state index is 12.7. The minimum atomic E-state index is -4.65. The van der Waals surface area contributed by atoms with Gasteiger partial charge in [-0.3, -0.25) is 4.98 Å². The molecule has 7 nitrogen and oxygen atoms in total. The van der Waals surface area contributed by atoms with Gasteiger partial charge in [0.1, 0.15) is 16.4 Å². The van der Waals surface area contributed by atoms with Crippen molar-refractivity contribution < 1.29 is 21.6 Å². The van der Waals surface area contributed by atoms with Crippen LogP contribution < -0.4 is 4.72 Å². The van der Waals surface area contributed by atoms with E-state index in [1.54, 1.807) is 18.2 Å². The number of hydrogen-bond acceptors (Lipinski definition) is 6. The van der Waals surface area contributed by atoms with E-state index >= 15 is 0 Å². The third kappa shape index (κ3) is 4.37. The van der Waals surface area contributed by atoms with Crippen molar-refractivity contribution in [3.05, 3.63) is 59.0 Å². The Morgan fingerprint density at radius 2 is 1.82 bits per heavy atom. The third-order valence-corrected chi connectivity index (χ3v) is 5.23. The van der Waals surface area contributed by atoms with E-state index in [9.17, 15) is 21.6 Å². The second kappa shape index (κ2) is 7.32. The fraction of sp³-hybridized carbons (Fsp3) is 0.125. The molecule has 0 saturated heterocycles. The molecular formula is C16H11ClF3N5O2S. The standard InChI is InChI=1S/C16H11ClF3N5O2S/c1-9-22-14(12-4-2-3-7-21-12)24-15(23-9)25-28(26,27)13-6-5-10(8-11(13)17)16(18,19)20/h2-8H,1H3,(H,22,23,24,25). The van der Waals surface area contributed by atoms with Crippen LogP contribution >= 0.6 is 11.6 Å². The van der Waals surface area contributed by atoms with Crippen LogP contribution in [-0.2, 0) is 16.2 Å². The number of pyridine rings is 1. The van der Waals surface area contributed by atoms with E-state index in [1.807, 2.05) is 0 Å². The first-order valence-corrected chi connectivity index (χ1v) is 9.46. The smallest absolute Gasteiger partial charge is 0.253 e. The largest absolute Gasteiger partial charge is 0.416 e. The Bertz CT molecular complexity index is 1120. The number of halogens is 4. The SMILES string of the molecule is Cc1nc(NS(=O)(=O)c2ccc(C(F)(F)F)cc2Cl)nc(-c2ccccn2)n1. The Hall–Kier alpha value is -2.79. The quantitative estimate of drug-likeness (QED) is 0.678. The minimum Gasteiger partial charge on any atom is -0.253 e. The van der Waals surface area contributed by atoms with Crippen LogP contribution in [0.2, 0.25) is 5.02 Å². The fourth-order valence-corrected chi connectivity index (χ4v) is 3.70. The van der Waals surface area contributed by atoms with Gasteiger partial charge in [0.2, 0.25) is 5.95 Å². The maximum absolute atomic E-state index is 12.7. The predicted octanol–water partition coefficient (Wildman–Crippen LogP) is 3.72. The van der Waals surface area contributed by atoms with E-state index in [1.165, 1.54) is 13.1 Å². The fourth-order valence-electron chi connectivity index (χ4n) is 2.21. The van der Waals surface area contributed by atoms with Crippen LogP contribution in [0.5, 0.6) is 0 Å². The highest BCUT2D eigenvalue weighted by Crippen LogP contribution is 2.33. The summed E-state index contributed by atoms with van der Waals surface area (Å²) < 4.78 is 65.4. The first-order valence-electron chi connectivity index (χ1n) is 7.60. The lowest BCUT2D eigenvalue weighted by atomic mass is 10.2. The molecule has 0 unspecified atom stereocenters. The molecule has 3 aromatic rings. The Balaban J connectivity index is 1.96. The molecule has 146 valence electrons. The van der Waals surface area contributed by atoms with Crippen LogP contribution in [0.15, 0.2) is 47.5 Å². The van der Waals surface area contributed by atoms with Crippen molar-refractivity contribution in [2.45, 2.75) is 18.0 Å². The average molecular weight is 430 g/mol. The van der Waals surface area contributed by atoms with Gasteiger partial charge >= 0.3 is 6.18 Å². The van der Waals surface area contributed by atoms with Crippen LogP contribution in [0.1, 0.15) is 11.4 Å². The molecule has 0 saturated carbocycles. The number of nitrogens with one attached hydrogen (secondary N) is 1. The van der Waals surface area contributed by atoms with Crippen LogP contribution in [0.4, 0.5) is 19.1 Å². The van der Waals surface area contributed by atoms with Crippen molar-refractivity contribution in [2.24, 2.45) is 0 Å². The van der Waals surface area contributed by atoms with Gasteiger partial charge in [0.05, 0.1) is 10.6 Å². The Kier molecular flexibility index (Phi) is 5.22. The number of rotatable bonds is 4. The van der Waals surface area contributed by atoms with E-state index in [-0.39, 0.29) is 17.6 Å². The Morgan fingerprint density at radius 1 is 1.07 bits per heavy atom. The van der Waals surface area contributed by atoms with Crippen LogP contribution in [0.3, 0.4) is 0 Å². The average Bonchev–Trinajstić information content (AvgIpc) is 2.60. The molecule has 0 bridgehead atoms. The molecule has 0 fully saturated rings. The lowest BCUT2D eigenvalue weighted by Gasteiger charge is -2.12. The number of aryl methyl sites for hydroxylation is 1.